The maximum absolute atomic E-state index is 12.9. The van der Waals surface area contributed by atoms with Crippen molar-refractivity contribution in [1.82, 2.24) is 14.3 Å². The highest BCUT2D eigenvalue weighted by molar-refractivity contribution is 7.89. The molecule has 2 heterocycles. The van der Waals surface area contributed by atoms with Crippen molar-refractivity contribution >= 4 is 39.2 Å². The Morgan fingerprint density at radius 3 is 2.32 bits per heavy atom. The fourth-order valence-electron chi connectivity index (χ4n) is 2.82. The van der Waals surface area contributed by atoms with Crippen LogP contribution in [-0.2, 0) is 16.2 Å². The van der Waals surface area contributed by atoms with Crippen molar-refractivity contribution in [3.63, 3.8) is 0 Å². The van der Waals surface area contributed by atoms with Crippen LogP contribution >= 0.6 is 23.2 Å². The van der Waals surface area contributed by atoms with Crippen LogP contribution in [0.2, 0.25) is 10.0 Å². The molecule has 1 aliphatic heterocycles. The molecule has 0 unspecified atom stereocenters. The van der Waals surface area contributed by atoms with E-state index in [2.05, 4.69) is 9.97 Å². The van der Waals surface area contributed by atoms with E-state index in [0.717, 1.165) is 12.3 Å². The summed E-state index contributed by atoms with van der Waals surface area (Å²) in [7, 11) is -3.85. The van der Waals surface area contributed by atoms with Crippen LogP contribution in [0.3, 0.4) is 0 Å². The quantitative estimate of drug-likeness (QED) is 0.707. The minimum absolute atomic E-state index is 0.0335. The number of hydrogen-bond donors (Lipinski definition) is 0. The van der Waals surface area contributed by atoms with Crippen molar-refractivity contribution in [2.24, 2.45) is 0 Å². The Balaban J connectivity index is 1.80. The average molecular weight is 455 g/mol. The van der Waals surface area contributed by atoms with E-state index in [1.165, 1.54) is 27.4 Å². The third-order valence-corrected chi connectivity index (χ3v) is 6.46. The van der Waals surface area contributed by atoms with Crippen molar-refractivity contribution in [2.45, 2.75) is 17.5 Å². The van der Waals surface area contributed by atoms with Crippen LogP contribution in [0.1, 0.15) is 12.1 Å². The predicted octanol–water partition coefficient (Wildman–Crippen LogP) is 3.70. The first-order valence-electron chi connectivity index (χ1n) is 8.19. The first kappa shape index (κ1) is 21.1. The lowest BCUT2D eigenvalue weighted by Crippen LogP contribution is -2.35. The molecule has 3 rings (SSSR count). The Kier molecular flexibility index (Phi) is 6.04. The van der Waals surface area contributed by atoms with Crippen molar-refractivity contribution in [3.05, 3.63) is 46.2 Å². The Labute approximate surface area is 169 Å². The first-order chi connectivity index (χ1) is 13.1. The molecule has 0 radical (unpaired) electrons. The van der Waals surface area contributed by atoms with Crippen LogP contribution in [0.25, 0.3) is 0 Å². The van der Waals surface area contributed by atoms with Gasteiger partial charge in [0.1, 0.15) is 5.69 Å². The van der Waals surface area contributed by atoms with Gasteiger partial charge in [0.15, 0.2) is 0 Å². The van der Waals surface area contributed by atoms with Crippen molar-refractivity contribution < 1.29 is 21.6 Å². The minimum atomic E-state index is -4.58. The zero-order valence-corrected chi connectivity index (χ0v) is 16.7. The van der Waals surface area contributed by atoms with Gasteiger partial charge in [-0.1, -0.05) is 23.2 Å². The first-order valence-corrected chi connectivity index (χ1v) is 10.4. The van der Waals surface area contributed by atoms with Gasteiger partial charge in [-0.25, -0.2) is 18.4 Å². The van der Waals surface area contributed by atoms with E-state index in [4.69, 9.17) is 23.2 Å². The molecule has 1 aromatic carbocycles. The van der Waals surface area contributed by atoms with E-state index in [0.29, 0.717) is 13.0 Å². The van der Waals surface area contributed by atoms with E-state index in [1.54, 1.807) is 0 Å². The average Bonchev–Trinajstić information content (AvgIpc) is 2.87. The summed E-state index contributed by atoms with van der Waals surface area (Å²) in [6, 6.07) is 4.83. The number of halogens is 5. The molecular formula is C16H15Cl2F3N4O2S. The van der Waals surface area contributed by atoms with E-state index < -0.39 is 21.9 Å². The van der Waals surface area contributed by atoms with Crippen LogP contribution in [0, 0.1) is 0 Å². The molecule has 28 heavy (non-hydrogen) atoms. The lowest BCUT2D eigenvalue weighted by Gasteiger charge is -2.22. The summed E-state index contributed by atoms with van der Waals surface area (Å²) in [5.41, 5.74) is -1.04. The van der Waals surface area contributed by atoms with Gasteiger partial charge in [0.05, 0.1) is 4.90 Å². The van der Waals surface area contributed by atoms with Crippen molar-refractivity contribution in [1.29, 1.82) is 0 Å². The monoisotopic (exact) mass is 454 g/mol. The molecule has 0 N–H and O–H groups in total. The summed E-state index contributed by atoms with van der Waals surface area (Å²) >= 11 is 11.8. The van der Waals surface area contributed by atoms with Crippen LogP contribution in [0.5, 0.6) is 0 Å². The molecule has 0 atom stereocenters. The number of hydrogen-bond acceptors (Lipinski definition) is 5. The lowest BCUT2D eigenvalue weighted by atomic mass is 10.4. The molecule has 6 nitrogen and oxygen atoms in total. The molecule has 1 aliphatic rings. The number of nitrogens with zero attached hydrogens (tertiary/aromatic N) is 4. The highest BCUT2D eigenvalue weighted by atomic mass is 35.5. The Morgan fingerprint density at radius 1 is 1.00 bits per heavy atom. The van der Waals surface area contributed by atoms with Gasteiger partial charge in [0, 0.05) is 42.4 Å². The summed E-state index contributed by atoms with van der Waals surface area (Å²) in [5.74, 6) is -0.0835. The number of benzene rings is 1. The van der Waals surface area contributed by atoms with E-state index in [9.17, 15) is 21.6 Å². The molecule has 0 bridgehead atoms. The molecule has 12 heteroatoms. The summed E-state index contributed by atoms with van der Waals surface area (Å²) in [4.78, 5) is 8.97. The topological polar surface area (TPSA) is 66.4 Å². The molecule has 1 saturated heterocycles. The van der Waals surface area contributed by atoms with Crippen LogP contribution in [0.4, 0.5) is 19.1 Å². The van der Waals surface area contributed by atoms with E-state index in [1.807, 2.05) is 0 Å². The standard InChI is InChI=1S/C16H15Cl2F3N4O2S/c17-11-8-12(18)10-13(9-11)28(26,27)25-5-1-4-24(6-7-25)15-22-3-2-14(23-15)16(19,20)21/h2-3,8-10H,1,4-7H2. The molecule has 0 spiro atoms. The summed E-state index contributed by atoms with van der Waals surface area (Å²) in [6.07, 6.45) is -3.14. The second-order valence-electron chi connectivity index (χ2n) is 6.09. The van der Waals surface area contributed by atoms with Crippen molar-refractivity contribution in [3.8, 4) is 0 Å². The van der Waals surface area contributed by atoms with Gasteiger partial charge in [-0.3, -0.25) is 0 Å². The number of rotatable bonds is 3. The van der Waals surface area contributed by atoms with Gasteiger partial charge in [0.25, 0.3) is 0 Å². The van der Waals surface area contributed by atoms with Gasteiger partial charge in [-0.15, -0.1) is 0 Å². The maximum Gasteiger partial charge on any atom is 0.433 e. The number of aromatic nitrogens is 2. The van der Waals surface area contributed by atoms with Crippen LogP contribution < -0.4 is 4.90 Å². The highest BCUT2D eigenvalue weighted by Crippen LogP contribution is 2.29. The number of alkyl halides is 3. The summed E-state index contributed by atoms with van der Waals surface area (Å²) in [6.45, 7) is 0.729. The fourth-order valence-corrected chi connectivity index (χ4v) is 5.02. The van der Waals surface area contributed by atoms with E-state index in [-0.39, 0.29) is 40.5 Å². The Bertz CT molecular complexity index is 952. The Morgan fingerprint density at radius 2 is 1.68 bits per heavy atom. The third kappa shape index (κ3) is 4.68. The second-order valence-corrected chi connectivity index (χ2v) is 8.90. The molecule has 2 aromatic rings. The maximum atomic E-state index is 12.9. The minimum Gasteiger partial charge on any atom is -0.339 e. The fraction of sp³-hybridized carbons (Fsp3) is 0.375. The molecule has 1 fully saturated rings. The van der Waals surface area contributed by atoms with Crippen molar-refractivity contribution in [2.75, 3.05) is 31.1 Å². The SMILES string of the molecule is O=S(=O)(c1cc(Cl)cc(Cl)c1)N1CCCN(c2nccc(C(F)(F)F)n2)CC1. The van der Waals surface area contributed by atoms with Crippen LogP contribution in [0.15, 0.2) is 35.4 Å². The molecule has 0 aliphatic carbocycles. The largest absolute Gasteiger partial charge is 0.433 e. The lowest BCUT2D eigenvalue weighted by molar-refractivity contribution is -0.141. The van der Waals surface area contributed by atoms with Crippen LogP contribution in [-0.4, -0.2) is 48.9 Å². The second kappa shape index (κ2) is 8.02. The van der Waals surface area contributed by atoms with Gasteiger partial charge in [-0.05, 0) is 30.7 Å². The number of anilines is 1. The molecule has 1 aromatic heterocycles. The molecule has 0 amide bonds. The predicted molar refractivity (Wildman–Crippen MR) is 99.1 cm³/mol. The highest BCUT2D eigenvalue weighted by Gasteiger charge is 2.34. The third-order valence-electron chi connectivity index (χ3n) is 4.14. The normalized spacial score (nSPS) is 16.8. The van der Waals surface area contributed by atoms with Gasteiger partial charge in [0.2, 0.25) is 16.0 Å². The molecular weight excluding hydrogens is 440 g/mol. The zero-order valence-electron chi connectivity index (χ0n) is 14.3. The van der Waals surface area contributed by atoms with Gasteiger partial charge < -0.3 is 4.90 Å². The molecule has 0 saturated carbocycles. The zero-order chi connectivity index (χ0) is 20.5. The number of sulfonamides is 1. The van der Waals surface area contributed by atoms with Gasteiger partial charge in [-0.2, -0.15) is 17.5 Å². The summed E-state index contributed by atoms with van der Waals surface area (Å²) in [5, 5.41) is 0.389. The molecule has 152 valence electrons. The van der Waals surface area contributed by atoms with Gasteiger partial charge >= 0.3 is 6.18 Å². The smallest absolute Gasteiger partial charge is 0.339 e. The summed E-state index contributed by atoms with van der Waals surface area (Å²) < 4.78 is 65.6. The Hall–Kier alpha value is -1.62. The van der Waals surface area contributed by atoms with E-state index >= 15 is 0 Å².